The first kappa shape index (κ1) is 55.2. The van der Waals surface area contributed by atoms with Crippen molar-refractivity contribution in [1.82, 2.24) is 29.8 Å². The highest BCUT2D eigenvalue weighted by molar-refractivity contribution is 7.91. The monoisotopic (exact) mass is 996 g/mol. The molecule has 4 saturated heterocycles. The largest absolute Gasteiger partial charge is 0.444 e. The van der Waals surface area contributed by atoms with Crippen LogP contribution in [0.25, 0.3) is 0 Å². The van der Waals surface area contributed by atoms with E-state index in [0.29, 0.717) is 42.4 Å². The molecule has 0 spiro atoms. The second-order valence-electron chi connectivity index (χ2n) is 19.8. The molecule has 4 heterocycles. The molecule has 6 rings (SSSR count). The van der Waals surface area contributed by atoms with E-state index in [-0.39, 0.29) is 85.5 Å². The summed E-state index contributed by atoms with van der Waals surface area (Å²) < 4.78 is 56.5. The number of amides is 6. The van der Waals surface area contributed by atoms with Crippen LogP contribution >= 0.6 is 11.6 Å². The average molecular weight is 998 g/mol. The van der Waals surface area contributed by atoms with Crippen molar-refractivity contribution in [3.63, 3.8) is 0 Å². The van der Waals surface area contributed by atoms with E-state index in [1.54, 1.807) is 21.9 Å². The van der Waals surface area contributed by atoms with Gasteiger partial charge in [0.25, 0.3) is 0 Å². The van der Waals surface area contributed by atoms with Crippen LogP contribution in [0.2, 0.25) is 0 Å². The number of anilines is 2. The number of halogens is 1. The minimum absolute atomic E-state index is 0.0108. The zero-order valence-corrected chi connectivity index (χ0v) is 43.2. The molecule has 0 unspecified atom stereocenters. The molecule has 4 aliphatic rings. The minimum atomic E-state index is -3.02. The van der Waals surface area contributed by atoms with Crippen molar-refractivity contribution in [3.05, 3.63) is 59.7 Å². The molecule has 4 fully saturated rings. The Morgan fingerprint density at radius 1 is 0.582 bits per heavy atom. The van der Waals surface area contributed by atoms with Gasteiger partial charge in [0.1, 0.15) is 11.2 Å². The molecule has 0 aliphatic carbocycles. The van der Waals surface area contributed by atoms with Crippen LogP contribution in [0, 0.1) is 0 Å². The Bertz CT molecular complexity index is 2150. The van der Waals surface area contributed by atoms with Gasteiger partial charge in [-0.15, -0.1) is 11.6 Å². The second-order valence-corrected chi connectivity index (χ2v) is 24.6. The maximum atomic E-state index is 12.5. The molecular formula is C46H73ClN8O10S2. The van der Waals surface area contributed by atoms with Crippen molar-refractivity contribution in [2.45, 2.75) is 117 Å². The molecule has 4 atom stereocenters. The molecule has 0 radical (unpaired) electrons. The molecule has 376 valence electrons. The summed E-state index contributed by atoms with van der Waals surface area (Å²) in [5, 5.41) is 8.96. The molecule has 4 aliphatic heterocycles. The highest BCUT2D eigenvalue weighted by Gasteiger charge is 2.34. The molecule has 0 saturated carbocycles. The van der Waals surface area contributed by atoms with Crippen molar-refractivity contribution >= 4 is 66.9 Å². The molecule has 67 heavy (non-hydrogen) atoms. The standard InChI is InChI=1S/C23H36N4O5S.C12H15ClN2O3S.C11H22N2O2/c1-17-14-26(22(29)32-23(3,4)5)15-18(2)27(17)16-19-6-8-20(9-7-19)24-21(28)25-10-12-33(30,31)13-11-25;13-9-10-1-3-11(4-2-10)14-12(16)15-5-7-19(17,18)8-6-15;1-8-6-13(7-9(2)12-8)10(14)15-11(3,4)5/h6-9,17-18H,10-16H2,1-5H3,(H,24,28);1-4H,5-9H2,(H,14,16);8-9,12H,6-7H2,1-5H3/t17-,18+;;8-,9+. The Morgan fingerprint density at radius 2 is 0.925 bits per heavy atom. The van der Waals surface area contributed by atoms with Gasteiger partial charge < -0.3 is 45.0 Å². The first-order chi connectivity index (χ1) is 31.1. The Hall–Kier alpha value is -4.37. The Balaban J connectivity index is 0.000000243. The fraction of sp³-hybridized carbons (Fsp3) is 0.652. The second kappa shape index (κ2) is 23.8. The number of carbonyl (C=O) groups excluding carboxylic acids is 4. The van der Waals surface area contributed by atoms with Crippen LogP contribution in [0.4, 0.5) is 30.6 Å². The van der Waals surface area contributed by atoms with E-state index in [1.165, 1.54) is 9.80 Å². The SMILES string of the molecule is C[C@@H]1CN(C(=O)OC(C)(C)C)C[C@H](C)N1.C[C@@H]1CN(C(=O)OC(C)(C)C)C[C@H](C)N1Cc1ccc(NC(=O)N2CCS(=O)(=O)CC2)cc1.O=C(Nc1ccc(CCl)cc1)N1CCS(=O)(=O)CC1. The van der Waals surface area contributed by atoms with E-state index in [2.05, 4.69) is 48.5 Å². The Labute approximate surface area is 403 Å². The predicted octanol–water partition coefficient (Wildman–Crippen LogP) is 6.07. The molecule has 3 N–H and O–H groups in total. The summed E-state index contributed by atoms with van der Waals surface area (Å²) >= 11 is 5.68. The van der Waals surface area contributed by atoms with Gasteiger partial charge in [0.05, 0.1) is 23.0 Å². The van der Waals surface area contributed by atoms with Crippen LogP contribution in [-0.2, 0) is 41.6 Å². The molecule has 6 amide bonds. The molecule has 0 aromatic heterocycles. The van der Waals surface area contributed by atoms with Crippen LogP contribution in [0.15, 0.2) is 48.5 Å². The summed E-state index contributed by atoms with van der Waals surface area (Å²) in [6.07, 6.45) is -0.477. The summed E-state index contributed by atoms with van der Waals surface area (Å²) in [4.78, 5) is 57.5. The third-order valence-corrected chi connectivity index (χ3v) is 14.7. The zero-order chi connectivity index (χ0) is 49.9. The maximum Gasteiger partial charge on any atom is 0.410 e. The number of rotatable bonds is 5. The van der Waals surface area contributed by atoms with Crippen LogP contribution in [-0.4, -0.2) is 176 Å². The van der Waals surface area contributed by atoms with Gasteiger partial charge in [0.2, 0.25) is 0 Å². The fourth-order valence-corrected chi connectivity index (χ4v) is 10.3. The Kier molecular flexibility index (Phi) is 19.6. The first-order valence-electron chi connectivity index (χ1n) is 22.8. The lowest BCUT2D eigenvalue weighted by Gasteiger charge is -2.44. The number of piperazine rings is 2. The quantitative estimate of drug-likeness (QED) is 0.292. The molecule has 0 bridgehead atoms. The third-order valence-electron chi connectivity index (χ3n) is 11.2. The van der Waals surface area contributed by atoms with Gasteiger partial charge in [0, 0.05) is 100 Å². The summed E-state index contributed by atoms with van der Waals surface area (Å²) in [5.74, 6) is 0.517. The number of nitrogens with one attached hydrogen (secondary N) is 3. The first-order valence-corrected chi connectivity index (χ1v) is 27.0. The summed E-state index contributed by atoms with van der Waals surface area (Å²) in [6.45, 7) is 24.0. The number of hydrogen-bond donors (Lipinski definition) is 3. The highest BCUT2D eigenvalue weighted by atomic mass is 35.5. The van der Waals surface area contributed by atoms with Crippen LogP contribution < -0.4 is 16.0 Å². The lowest BCUT2D eigenvalue weighted by molar-refractivity contribution is -0.00969. The summed E-state index contributed by atoms with van der Waals surface area (Å²) in [7, 11) is -5.99. The van der Waals surface area contributed by atoms with Crippen molar-refractivity contribution in [2.75, 3.05) is 86.0 Å². The molecule has 21 heteroatoms. The van der Waals surface area contributed by atoms with Gasteiger partial charge >= 0.3 is 24.2 Å². The Morgan fingerprint density at radius 3 is 1.27 bits per heavy atom. The molecule has 2 aromatic rings. The van der Waals surface area contributed by atoms with E-state index >= 15 is 0 Å². The number of alkyl halides is 1. The van der Waals surface area contributed by atoms with Crippen LogP contribution in [0.5, 0.6) is 0 Å². The van der Waals surface area contributed by atoms with Crippen molar-refractivity contribution in [1.29, 1.82) is 0 Å². The zero-order valence-electron chi connectivity index (χ0n) is 40.8. The third kappa shape index (κ3) is 18.9. The van der Waals surface area contributed by atoms with E-state index in [9.17, 15) is 36.0 Å². The van der Waals surface area contributed by atoms with Crippen molar-refractivity contribution in [2.24, 2.45) is 0 Å². The van der Waals surface area contributed by atoms with E-state index in [0.717, 1.165) is 30.8 Å². The lowest BCUT2D eigenvalue weighted by atomic mass is 10.1. The van der Waals surface area contributed by atoms with E-state index in [1.807, 2.05) is 77.9 Å². The number of hydrogen-bond acceptors (Lipinski definition) is 12. The predicted molar refractivity (Wildman–Crippen MR) is 263 cm³/mol. The fourth-order valence-electron chi connectivity index (χ4n) is 7.76. The molecule has 2 aromatic carbocycles. The van der Waals surface area contributed by atoms with E-state index in [4.69, 9.17) is 21.1 Å². The molecular weight excluding hydrogens is 924 g/mol. The van der Waals surface area contributed by atoms with Crippen molar-refractivity contribution in [3.8, 4) is 0 Å². The van der Waals surface area contributed by atoms with Gasteiger partial charge in [0.15, 0.2) is 19.7 Å². The average Bonchev–Trinajstić information content (AvgIpc) is 3.22. The van der Waals surface area contributed by atoms with Crippen LogP contribution in [0.1, 0.15) is 80.4 Å². The summed E-state index contributed by atoms with van der Waals surface area (Å²) in [6, 6.07) is 15.4. The maximum absolute atomic E-state index is 12.5. The molecule has 18 nitrogen and oxygen atoms in total. The van der Waals surface area contributed by atoms with Gasteiger partial charge in [-0.2, -0.15) is 0 Å². The van der Waals surface area contributed by atoms with Gasteiger partial charge in [-0.05, 0) is 105 Å². The number of ether oxygens (including phenoxy) is 2. The van der Waals surface area contributed by atoms with Gasteiger partial charge in [-0.25, -0.2) is 36.0 Å². The number of carbonyl (C=O) groups is 4. The van der Waals surface area contributed by atoms with Gasteiger partial charge in [-0.1, -0.05) is 24.3 Å². The number of sulfone groups is 2. The number of nitrogens with zero attached hydrogens (tertiary/aromatic N) is 5. The highest BCUT2D eigenvalue weighted by Crippen LogP contribution is 2.23. The minimum Gasteiger partial charge on any atom is -0.444 e. The topological polar surface area (TPSA) is 207 Å². The van der Waals surface area contributed by atoms with Crippen LogP contribution in [0.3, 0.4) is 0 Å². The number of urea groups is 2. The van der Waals surface area contributed by atoms with Crippen molar-refractivity contribution < 1.29 is 45.5 Å². The van der Waals surface area contributed by atoms with E-state index < -0.39 is 30.9 Å². The number of benzene rings is 2. The smallest absolute Gasteiger partial charge is 0.410 e. The summed E-state index contributed by atoms with van der Waals surface area (Å²) in [5.41, 5.74) is 2.52. The normalized spacial score (nSPS) is 23.0. The lowest BCUT2D eigenvalue weighted by Crippen LogP contribution is -2.58. The van der Waals surface area contributed by atoms with Gasteiger partial charge in [-0.3, -0.25) is 4.90 Å².